The van der Waals surface area contributed by atoms with Gasteiger partial charge in [0.25, 0.3) is 0 Å². The van der Waals surface area contributed by atoms with E-state index in [2.05, 4.69) is 54.2 Å². The van der Waals surface area contributed by atoms with Crippen LogP contribution in [0.5, 0.6) is 0 Å². The quantitative estimate of drug-likeness (QED) is 0.770. The van der Waals surface area contributed by atoms with Gasteiger partial charge in [-0.1, -0.05) is 39.0 Å². The van der Waals surface area contributed by atoms with Gasteiger partial charge in [0.1, 0.15) is 6.33 Å². The summed E-state index contributed by atoms with van der Waals surface area (Å²) in [5.74, 6) is 0.820. The Kier molecular flexibility index (Phi) is 2.31. The van der Waals surface area contributed by atoms with Gasteiger partial charge in [0.15, 0.2) is 5.82 Å². The van der Waals surface area contributed by atoms with Gasteiger partial charge in [-0.25, -0.2) is 4.98 Å². The first-order valence-corrected chi connectivity index (χ1v) is 5.03. The molecule has 3 nitrogen and oxygen atoms in total. The fraction of sp³-hybridized carbons (Fsp3) is 0.333. The monoisotopic (exact) mass is 201 g/mol. The van der Waals surface area contributed by atoms with Gasteiger partial charge in [-0.2, -0.15) is 5.10 Å². The maximum Gasteiger partial charge on any atom is 0.155 e. The van der Waals surface area contributed by atoms with Crippen molar-refractivity contribution in [1.29, 1.82) is 0 Å². The fourth-order valence-electron chi connectivity index (χ4n) is 1.48. The minimum atomic E-state index is 0.163. The summed E-state index contributed by atoms with van der Waals surface area (Å²) in [6.07, 6.45) is 1.53. The molecule has 0 saturated heterocycles. The molecule has 0 amide bonds. The normalized spacial score (nSPS) is 11.7. The van der Waals surface area contributed by atoms with E-state index in [0.717, 1.165) is 11.4 Å². The van der Waals surface area contributed by atoms with Gasteiger partial charge in [0.2, 0.25) is 0 Å². The molecule has 78 valence electrons. The second kappa shape index (κ2) is 3.50. The van der Waals surface area contributed by atoms with Gasteiger partial charge in [-0.3, -0.25) is 5.10 Å². The Hall–Kier alpha value is -1.64. The maximum absolute atomic E-state index is 4.14. The number of benzene rings is 1. The summed E-state index contributed by atoms with van der Waals surface area (Å²) >= 11 is 0. The van der Waals surface area contributed by atoms with Crippen molar-refractivity contribution in [3.05, 3.63) is 36.2 Å². The van der Waals surface area contributed by atoms with Gasteiger partial charge < -0.3 is 0 Å². The molecule has 0 atom stereocenters. The molecule has 0 bridgehead atoms. The minimum absolute atomic E-state index is 0.163. The van der Waals surface area contributed by atoms with E-state index in [4.69, 9.17) is 0 Å². The van der Waals surface area contributed by atoms with Crippen molar-refractivity contribution < 1.29 is 0 Å². The van der Waals surface area contributed by atoms with Crippen LogP contribution in [0.3, 0.4) is 0 Å². The van der Waals surface area contributed by atoms with Crippen LogP contribution in [-0.2, 0) is 5.41 Å². The molecular weight excluding hydrogens is 186 g/mol. The van der Waals surface area contributed by atoms with Crippen molar-refractivity contribution in [2.75, 3.05) is 0 Å². The molecule has 0 saturated carbocycles. The smallest absolute Gasteiger partial charge is 0.155 e. The predicted octanol–water partition coefficient (Wildman–Crippen LogP) is 2.77. The van der Waals surface area contributed by atoms with Crippen LogP contribution in [-0.4, -0.2) is 15.2 Å². The first-order chi connectivity index (χ1) is 7.07. The van der Waals surface area contributed by atoms with Crippen LogP contribution in [0.2, 0.25) is 0 Å². The third kappa shape index (κ3) is 2.06. The van der Waals surface area contributed by atoms with E-state index < -0.39 is 0 Å². The molecule has 1 N–H and O–H groups in total. The third-order valence-corrected chi connectivity index (χ3v) is 2.42. The van der Waals surface area contributed by atoms with Crippen LogP contribution in [0.15, 0.2) is 30.6 Å². The Balaban J connectivity index is 2.44. The molecule has 15 heavy (non-hydrogen) atoms. The van der Waals surface area contributed by atoms with Crippen LogP contribution in [0.4, 0.5) is 0 Å². The van der Waals surface area contributed by atoms with Crippen LogP contribution in [0.25, 0.3) is 11.4 Å². The zero-order chi connectivity index (χ0) is 10.9. The first-order valence-electron chi connectivity index (χ1n) is 5.03. The highest BCUT2D eigenvalue weighted by atomic mass is 15.2. The predicted molar refractivity (Wildman–Crippen MR) is 60.5 cm³/mol. The van der Waals surface area contributed by atoms with Crippen LogP contribution < -0.4 is 0 Å². The zero-order valence-electron chi connectivity index (χ0n) is 9.28. The molecule has 0 spiro atoms. The van der Waals surface area contributed by atoms with Crippen molar-refractivity contribution in [2.45, 2.75) is 26.2 Å². The minimum Gasteiger partial charge on any atom is -0.259 e. The van der Waals surface area contributed by atoms with Gasteiger partial charge in [0, 0.05) is 5.56 Å². The number of nitrogens with zero attached hydrogens (tertiary/aromatic N) is 2. The number of H-pyrrole nitrogens is 1. The zero-order valence-corrected chi connectivity index (χ0v) is 9.28. The molecule has 3 heteroatoms. The average molecular weight is 201 g/mol. The van der Waals surface area contributed by atoms with E-state index >= 15 is 0 Å². The second-order valence-corrected chi connectivity index (χ2v) is 4.66. The van der Waals surface area contributed by atoms with Gasteiger partial charge in [-0.15, -0.1) is 0 Å². The number of hydrogen-bond donors (Lipinski definition) is 1. The number of aromatic amines is 1. The molecule has 0 fully saturated rings. The Morgan fingerprint density at radius 2 is 2.00 bits per heavy atom. The standard InChI is InChI=1S/C12H15N3/c1-12(2,3)10-6-4-5-9(7-10)11-13-8-14-15-11/h4-8H,1-3H3,(H,13,14,15). The summed E-state index contributed by atoms with van der Waals surface area (Å²) in [4.78, 5) is 4.14. The van der Waals surface area contributed by atoms with Crippen LogP contribution >= 0.6 is 0 Å². The second-order valence-electron chi connectivity index (χ2n) is 4.66. The molecule has 1 aromatic carbocycles. The summed E-state index contributed by atoms with van der Waals surface area (Å²) in [7, 11) is 0. The molecule has 0 aliphatic rings. The highest BCUT2D eigenvalue weighted by molar-refractivity contribution is 5.56. The van der Waals surface area contributed by atoms with E-state index in [0.29, 0.717) is 0 Å². The summed E-state index contributed by atoms with van der Waals surface area (Å²) < 4.78 is 0. The lowest BCUT2D eigenvalue weighted by Gasteiger charge is -2.19. The van der Waals surface area contributed by atoms with Crippen LogP contribution in [0, 0.1) is 0 Å². The van der Waals surface area contributed by atoms with Crippen LogP contribution in [0.1, 0.15) is 26.3 Å². The maximum atomic E-state index is 4.14. The van der Waals surface area contributed by atoms with E-state index in [9.17, 15) is 0 Å². The van der Waals surface area contributed by atoms with Crippen molar-refractivity contribution in [3.8, 4) is 11.4 Å². The molecule has 1 aromatic heterocycles. The highest BCUT2D eigenvalue weighted by Crippen LogP contribution is 2.25. The van der Waals surface area contributed by atoms with Crippen molar-refractivity contribution in [1.82, 2.24) is 15.2 Å². The molecule has 2 rings (SSSR count). The highest BCUT2D eigenvalue weighted by Gasteiger charge is 2.14. The van der Waals surface area contributed by atoms with E-state index in [1.54, 1.807) is 0 Å². The molecule has 2 aromatic rings. The Morgan fingerprint density at radius 1 is 1.20 bits per heavy atom. The lowest BCUT2D eigenvalue weighted by atomic mass is 9.86. The summed E-state index contributed by atoms with van der Waals surface area (Å²) in [5.41, 5.74) is 2.55. The molecule has 1 heterocycles. The molecule has 0 aliphatic carbocycles. The molecule has 0 radical (unpaired) electrons. The topological polar surface area (TPSA) is 41.6 Å². The Morgan fingerprint density at radius 3 is 2.60 bits per heavy atom. The SMILES string of the molecule is CC(C)(C)c1cccc(-c2ncn[nH]2)c1. The lowest BCUT2D eigenvalue weighted by Crippen LogP contribution is -2.10. The Bertz CT molecular complexity index is 438. The number of rotatable bonds is 1. The van der Waals surface area contributed by atoms with Gasteiger partial charge in [-0.05, 0) is 17.0 Å². The molecule has 0 unspecified atom stereocenters. The number of nitrogens with one attached hydrogen (secondary N) is 1. The van der Waals surface area contributed by atoms with Gasteiger partial charge >= 0.3 is 0 Å². The number of hydrogen-bond acceptors (Lipinski definition) is 2. The summed E-state index contributed by atoms with van der Waals surface area (Å²) in [5, 5.41) is 6.73. The van der Waals surface area contributed by atoms with Crippen molar-refractivity contribution >= 4 is 0 Å². The Labute approximate surface area is 89.6 Å². The van der Waals surface area contributed by atoms with E-state index in [1.165, 1.54) is 11.9 Å². The fourth-order valence-corrected chi connectivity index (χ4v) is 1.48. The van der Waals surface area contributed by atoms with Gasteiger partial charge in [0.05, 0.1) is 0 Å². The van der Waals surface area contributed by atoms with E-state index in [1.807, 2.05) is 6.07 Å². The summed E-state index contributed by atoms with van der Waals surface area (Å²) in [6.45, 7) is 6.60. The summed E-state index contributed by atoms with van der Waals surface area (Å²) in [6, 6.07) is 8.38. The third-order valence-electron chi connectivity index (χ3n) is 2.42. The first kappa shape index (κ1) is 9.90. The van der Waals surface area contributed by atoms with Crippen molar-refractivity contribution in [2.24, 2.45) is 0 Å². The molecular formula is C12H15N3. The van der Waals surface area contributed by atoms with Crippen molar-refractivity contribution in [3.63, 3.8) is 0 Å². The largest absolute Gasteiger partial charge is 0.259 e. The van der Waals surface area contributed by atoms with E-state index in [-0.39, 0.29) is 5.41 Å². The average Bonchev–Trinajstić information content (AvgIpc) is 2.69. The number of aromatic nitrogens is 3. The molecule has 0 aliphatic heterocycles. The lowest BCUT2D eigenvalue weighted by molar-refractivity contribution is 0.590.